The number of methoxy groups -OCH3 is 2. The standard InChI is InChI=1S/C30H33NO5/c1-29(2,3)25-14-12-21(16-26(25)35-4)27(33)31-19-23-15-24(32)13-11-22(23)18-30(31,28(34)36-5)17-20-9-7-6-8-10-20/h6-16,32H,17-19H2,1-5H3. The van der Waals surface area contributed by atoms with Crippen LogP contribution in [0.3, 0.4) is 0 Å². The fourth-order valence-corrected chi connectivity index (χ4v) is 5.07. The highest BCUT2D eigenvalue weighted by Crippen LogP contribution is 2.39. The summed E-state index contributed by atoms with van der Waals surface area (Å²) in [6, 6.07) is 20.2. The Balaban J connectivity index is 1.86. The molecule has 6 heteroatoms. The Morgan fingerprint density at radius 3 is 2.33 bits per heavy atom. The highest BCUT2D eigenvalue weighted by molar-refractivity contribution is 5.99. The molecule has 3 aromatic rings. The first-order chi connectivity index (χ1) is 17.1. The van der Waals surface area contributed by atoms with Gasteiger partial charge in [-0.3, -0.25) is 4.79 Å². The highest BCUT2D eigenvalue weighted by atomic mass is 16.5. The van der Waals surface area contributed by atoms with Gasteiger partial charge >= 0.3 is 5.97 Å². The molecule has 3 aromatic carbocycles. The molecule has 1 amide bonds. The van der Waals surface area contributed by atoms with Crippen LogP contribution in [-0.2, 0) is 34.3 Å². The second kappa shape index (κ2) is 9.69. The molecule has 1 unspecified atom stereocenters. The molecule has 0 spiro atoms. The smallest absolute Gasteiger partial charge is 0.332 e. The molecule has 0 bridgehead atoms. The zero-order valence-corrected chi connectivity index (χ0v) is 21.5. The molecule has 1 aliphatic rings. The van der Waals surface area contributed by atoms with Gasteiger partial charge < -0.3 is 19.5 Å². The summed E-state index contributed by atoms with van der Waals surface area (Å²) in [5.74, 6) is -0.0399. The Hall–Kier alpha value is -3.80. The summed E-state index contributed by atoms with van der Waals surface area (Å²) in [6.45, 7) is 6.42. The van der Waals surface area contributed by atoms with Crippen LogP contribution in [0.25, 0.3) is 0 Å². The molecule has 0 fully saturated rings. The van der Waals surface area contributed by atoms with Crippen molar-refractivity contribution in [1.82, 2.24) is 4.90 Å². The van der Waals surface area contributed by atoms with E-state index in [1.807, 2.05) is 42.5 Å². The minimum Gasteiger partial charge on any atom is -0.508 e. The van der Waals surface area contributed by atoms with Gasteiger partial charge in [0.25, 0.3) is 5.91 Å². The number of amides is 1. The third-order valence-electron chi connectivity index (χ3n) is 6.92. The largest absolute Gasteiger partial charge is 0.508 e. The van der Waals surface area contributed by atoms with Crippen molar-refractivity contribution in [3.05, 3.63) is 94.5 Å². The first kappa shape index (κ1) is 25.3. The van der Waals surface area contributed by atoms with Crippen LogP contribution < -0.4 is 4.74 Å². The predicted molar refractivity (Wildman–Crippen MR) is 138 cm³/mol. The lowest BCUT2D eigenvalue weighted by molar-refractivity contribution is -0.154. The molecular formula is C30H33NO5. The summed E-state index contributed by atoms with van der Waals surface area (Å²) in [7, 11) is 2.94. The number of esters is 1. The van der Waals surface area contributed by atoms with Gasteiger partial charge in [0, 0.05) is 24.9 Å². The van der Waals surface area contributed by atoms with Crippen molar-refractivity contribution >= 4 is 11.9 Å². The van der Waals surface area contributed by atoms with E-state index in [4.69, 9.17) is 9.47 Å². The van der Waals surface area contributed by atoms with Gasteiger partial charge in [0.1, 0.15) is 17.0 Å². The third kappa shape index (κ3) is 4.68. The Morgan fingerprint density at radius 1 is 0.972 bits per heavy atom. The number of aromatic hydroxyl groups is 1. The average Bonchev–Trinajstić information content (AvgIpc) is 2.87. The Labute approximate surface area is 212 Å². The van der Waals surface area contributed by atoms with Crippen LogP contribution in [0, 0.1) is 0 Å². The normalized spacial score (nSPS) is 17.3. The SMILES string of the molecule is COC(=O)C1(Cc2ccccc2)Cc2ccc(O)cc2CN1C(=O)c1ccc(C(C)(C)C)c(OC)c1. The van der Waals surface area contributed by atoms with Crippen LogP contribution >= 0.6 is 0 Å². The number of carbonyl (C=O) groups is 2. The average molecular weight is 488 g/mol. The van der Waals surface area contributed by atoms with E-state index in [1.54, 1.807) is 36.3 Å². The van der Waals surface area contributed by atoms with Gasteiger partial charge in [0.15, 0.2) is 0 Å². The van der Waals surface area contributed by atoms with E-state index in [2.05, 4.69) is 20.8 Å². The zero-order valence-electron chi connectivity index (χ0n) is 21.5. The van der Waals surface area contributed by atoms with E-state index >= 15 is 0 Å². The third-order valence-corrected chi connectivity index (χ3v) is 6.92. The zero-order chi connectivity index (χ0) is 26.1. The van der Waals surface area contributed by atoms with Crippen LogP contribution in [0.2, 0.25) is 0 Å². The Morgan fingerprint density at radius 2 is 1.69 bits per heavy atom. The lowest BCUT2D eigenvalue weighted by Gasteiger charge is -2.45. The molecule has 6 nitrogen and oxygen atoms in total. The van der Waals surface area contributed by atoms with E-state index in [1.165, 1.54) is 7.11 Å². The number of hydrogen-bond donors (Lipinski definition) is 1. The first-order valence-electron chi connectivity index (χ1n) is 12.0. The molecule has 36 heavy (non-hydrogen) atoms. The van der Waals surface area contributed by atoms with Crippen molar-refractivity contribution in [2.45, 2.75) is 51.1 Å². The van der Waals surface area contributed by atoms with Crippen LogP contribution in [0.15, 0.2) is 66.7 Å². The van der Waals surface area contributed by atoms with Gasteiger partial charge in [-0.25, -0.2) is 4.79 Å². The highest BCUT2D eigenvalue weighted by Gasteiger charge is 2.50. The van der Waals surface area contributed by atoms with Crippen molar-refractivity contribution in [2.24, 2.45) is 0 Å². The molecule has 0 aliphatic carbocycles. The predicted octanol–water partition coefficient (Wildman–Crippen LogP) is 5.05. The van der Waals surface area contributed by atoms with E-state index in [9.17, 15) is 14.7 Å². The molecule has 0 saturated heterocycles. The molecular weight excluding hydrogens is 454 g/mol. The summed E-state index contributed by atoms with van der Waals surface area (Å²) < 4.78 is 11.0. The van der Waals surface area contributed by atoms with Crippen LogP contribution in [0.1, 0.15) is 53.4 Å². The van der Waals surface area contributed by atoms with Gasteiger partial charge in [-0.1, -0.05) is 63.2 Å². The molecule has 1 N–H and O–H groups in total. The van der Waals surface area contributed by atoms with E-state index in [0.29, 0.717) is 17.7 Å². The Bertz CT molecular complexity index is 1280. The molecule has 0 aromatic heterocycles. The second-order valence-electron chi connectivity index (χ2n) is 10.4. The number of ether oxygens (including phenoxy) is 2. The quantitative estimate of drug-likeness (QED) is 0.510. The number of fused-ring (bicyclic) bond motifs is 1. The molecule has 0 radical (unpaired) electrons. The van der Waals surface area contributed by atoms with Gasteiger partial charge in [-0.05, 0) is 51.9 Å². The first-order valence-corrected chi connectivity index (χ1v) is 12.0. The fraction of sp³-hybridized carbons (Fsp3) is 0.333. The number of phenols is 1. The molecule has 4 rings (SSSR count). The number of nitrogens with zero attached hydrogens (tertiary/aromatic N) is 1. The maximum atomic E-state index is 14.1. The summed E-state index contributed by atoms with van der Waals surface area (Å²) >= 11 is 0. The van der Waals surface area contributed by atoms with Crippen LogP contribution in [-0.4, -0.2) is 41.6 Å². The molecule has 1 atom stereocenters. The van der Waals surface area contributed by atoms with Crippen molar-refractivity contribution in [1.29, 1.82) is 0 Å². The summed E-state index contributed by atoms with van der Waals surface area (Å²) in [5, 5.41) is 10.1. The number of rotatable bonds is 5. The van der Waals surface area contributed by atoms with E-state index in [0.717, 1.165) is 22.3 Å². The van der Waals surface area contributed by atoms with Gasteiger partial charge in [0.2, 0.25) is 0 Å². The van der Waals surface area contributed by atoms with Crippen LogP contribution in [0.4, 0.5) is 0 Å². The topological polar surface area (TPSA) is 76.1 Å². The minimum absolute atomic E-state index is 0.117. The second-order valence-corrected chi connectivity index (χ2v) is 10.4. The molecule has 188 valence electrons. The Kier molecular flexibility index (Phi) is 6.81. The minimum atomic E-state index is -1.26. The van der Waals surface area contributed by atoms with Crippen LogP contribution in [0.5, 0.6) is 11.5 Å². The lowest BCUT2D eigenvalue weighted by Crippen LogP contribution is -2.62. The summed E-state index contributed by atoms with van der Waals surface area (Å²) in [5.41, 5.74) is 2.60. The number of benzene rings is 3. The van der Waals surface area contributed by atoms with Gasteiger partial charge in [-0.15, -0.1) is 0 Å². The molecule has 0 saturated carbocycles. The monoisotopic (exact) mass is 487 g/mol. The molecule has 1 heterocycles. The number of hydrogen-bond acceptors (Lipinski definition) is 5. The number of phenolic OH excluding ortho intramolecular Hbond substituents is 1. The summed E-state index contributed by atoms with van der Waals surface area (Å²) in [4.78, 5) is 29.3. The summed E-state index contributed by atoms with van der Waals surface area (Å²) in [6.07, 6.45) is 0.566. The van der Waals surface area contributed by atoms with E-state index in [-0.39, 0.29) is 30.0 Å². The van der Waals surface area contributed by atoms with Crippen molar-refractivity contribution in [2.75, 3.05) is 14.2 Å². The maximum Gasteiger partial charge on any atom is 0.332 e. The van der Waals surface area contributed by atoms with Crippen molar-refractivity contribution < 1.29 is 24.2 Å². The maximum absolute atomic E-state index is 14.1. The number of carbonyl (C=O) groups excluding carboxylic acids is 2. The fourth-order valence-electron chi connectivity index (χ4n) is 5.07. The van der Waals surface area contributed by atoms with Gasteiger partial charge in [-0.2, -0.15) is 0 Å². The van der Waals surface area contributed by atoms with Gasteiger partial charge in [0.05, 0.1) is 14.2 Å². The van der Waals surface area contributed by atoms with E-state index < -0.39 is 11.5 Å². The lowest BCUT2D eigenvalue weighted by atomic mass is 9.77. The van der Waals surface area contributed by atoms with Crippen molar-refractivity contribution in [3.8, 4) is 11.5 Å². The van der Waals surface area contributed by atoms with Crippen molar-refractivity contribution in [3.63, 3.8) is 0 Å². The molecule has 1 aliphatic heterocycles.